The number of halogens is 2. The SMILES string of the molecule is O=C(CCC(=O)Nc1ccccc1Cl)NNC(=S)NC(=O)COc1ccccc1Cl. The molecule has 0 aliphatic rings. The highest BCUT2D eigenvalue weighted by molar-refractivity contribution is 7.80. The summed E-state index contributed by atoms with van der Waals surface area (Å²) >= 11 is 16.8. The Kier molecular flexibility index (Phi) is 9.33. The minimum absolute atomic E-state index is 0.0659. The van der Waals surface area contributed by atoms with E-state index in [-0.39, 0.29) is 30.5 Å². The molecule has 0 aliphatic heterocycles. The molecule has 0 heterocycles. The maximum Gasteiger partial charge on any atom is 0.264 e. The number of benzene rings is 2. The van der Waals surface area contributed by atoms with Gasteiger partial charge in [0.2, 0.25) is 11.8 Å². The normalized spacial score (nSPS) is 9.93. The zero-order chi connectivity index (χ0) is 21.9. The molecule has 4 N–H and O–H groups in total. The van der Waals surface area contributed by atoms with E-state index in [0.29, 0.717) is 21.5 Å². The van der Waals surface area contributed by atoms with Crippen LogP contribution in [0.4, 0.5) is 5.69 Å². The predicted octanol–water partition coefficient (Wildman–Crippen LogP) is 2.81. The van der Waals surface area contributed by atoms with Gasteiger partial charge in [-0.25, -0.2) is 0 Å². The third kappa shape index (κ3) is 8.24. The van der Waals surface area contributed by atoms with E-state index in [9.17, 15) is 14.4 Å². The molecule has 0 spiro atoms. The van der Waals surface area contributed by atoms with Gasteiger partial charge in [-0.15, -0.1) is 0 Å². The summed E-state index contributed by atoms with van der Waals surface area (Å²) in [4.78, 5) is 35.5. The summed E-state index contributed by atoms with van der Waals surface area (Å²) in [5.74, 6) is -1.04. The zero-order valence-corrected chi connectivity index (χ0v) is 17.9. The lowest BCUT2D eigenvalue weighted by atomic mass is 10.2. The molecule has 0 saturated heterocycles. The first-order valence-electron chi connectivity index (χ1n) is 8.65. The van der Waals surface area contributed by atoms with Crippen molar-refractivity contribution in [1.82, 2.24) is 16.2 Å². The number of hydrogen-bond acceptors (Lipinski definition) is 5. The van der Waals surface area contributed by atoms with Crippen LogP contribution in [0.3, 0.4) is 0 Å². The van der Waals surface area contributed by atoms with Gasteiger partial charge in [0.25, 0.3) is 5.91 Å². The van der Waals surface area contributed by atoms with Gasteiger partial charge in [0.1, 0.15) is 5.75 Å². The highest BCUT2D eigenvalue weighted by Crippen LogP contribution is 2.23. The topological polar surface area (TPSA) is 109 Å². The lowest BCUT2D eigenvalue weighted by Gasteiger charge is -2.12. The number of anilines is 1. The van der Waals surface area contributed by atoms with Crippen molar-refractivity contribution >= 4 is 63.9 Å². The van der Waals surface area contributed by atoms with Crippen molar-refractivity contribution in [2.24, 2.45) is 0 Å². The summed E-state index contributed by atoms with van der Waals surface area (Å²) < 4.78 is 5.27. The molecular formula is C19H18Cl2N4O4S. The number of rotatable bonds is 7. The lowest BCUT2D eigenvalue weighted by Crippen LogP contribution is -2.49. The van der Waals surface area contributed by atoms with Gasteiger partial charge in [-0.05, 0) is 36.5 Å². The van der Waals surface area contributed by atoms with Crippen molar-refractivity contribution in [2.75, 3.05) is 11.9 Å². The molecule has 30 heavy (non-hydrogen) atoms. The maximum absolute atomic E-state index is 11.9. The number of hydrazine groups is 1. The molecule has 158 valence electrons. The maximum atomic E-state index is 11.9. The van der Waals surface area contributed by atoms with E-state index in [1.165, 1.54) is 0 Å². The second kappa shape index (κ2) is 12.0. The molecule has 3 amide bonds. The first-order chi connectivity index (χ1) is 14.3. The second-order valence-corrected chi connectivity index (χ2v) is 7.02. The van der Waals surface area contributed by atoms with Crippen molar-refractivity contribution in [3.8, 4) is 5.75 Å². The summed E-state index contributed by atoms with van der Waals surface area (Å²) in [7, 11) is 0. The Hall–Kier alpha value is -2.88. The van der Waals surface area contributed by atoms with Gasteiger partial charge < -0.3 is 10.1 Å². The summed E-state index contributed by atoms with van der Waals surface area (Å²) in [5.41, 5.74) is 5.12. The quantitative estimate of drug-likeness (QED) is 0.367. The Morgan fingerprint density at radius 1 is 0.833 bits per heavy atom. The summed E-state index contributed by atoms with van der Waals surface area (Å²) in [6, 6.07) is 13.5. The van der Waals surface area contributed by atoms with Crippen molar-refractivity contribution in [1.29, 1.82) is 0 Å². The number of carbonyl (C=O) groups excluding carboxylic acids is 3. The fourth-order valence-electron chi connectivity index (χ4n) is 2.09. The first kappa shape index (κ1) is 23.4. The number of hydrogen-bond donors (Lipinski definition) is 4. The Morgan fingerprint density at radius 2 is 1.47 bits per heavy atom. The van der Waals surface area contributed by atoms with Crippen LogP contribution in [0.5, 0.6) is 5.75 Å². The third-order valence-electron chi connectivity index (χ3n) is 3.49. The van der Waals surface area contributed by atoms with E-state index in [1.54, 1.807) is 48.5 Å². The van der Waals surface area contributed by atoms with Crippen molar-refractivity contribution in [3.63, 3.8) is 0 Å². The van der Waals surface area contributed by atoms with E-state index in [0.717, 1.165) is 0 Å². The largest absolute Gasteiger partial charge is 0.482 e. The van der Waals surface area contributed by atoms with Gasteiger partial charge in [-0.1, -0.05) is 47.5 Å². The Bertz CT molecular complexity index is 942. The monoisotopic (exact) mass is 468 g/mol. The van der Waals surface area contributed by atoms with Gasteiger partial charge in [0.05, 0.1) is 15.7 Å². The Labute approximate surface area is 188 Å². The smallest absolute Gasteiger partial charge is 0.264 e. The highest BCUT2D eigenvalue weighted by Gasteiger charge is 2.11. The fourth-order valence-corrected chi connectivity index (χ4v) is 2.63. The minimum atomic E-state index is -0.541. The minimum Gasteiger partial charge on any atom is -0.482 e. The number of carbonyl (C=O) groups is 3. The second-order valence-electron chi connectivity index (χ2n) is 5.80. The lowest BCUT2D eigenvalue weighted by molar-refractivity contribution is -0.125. The fraction of sp³-hybridized carbons (Fsp3) is 0.158. The summed E-state index contributed by atoms with van der Waals surface area (Å²) in [6.45, 7) is -0.318. The van der Waals surface area contributed by atoms with Crippen LogP contribution in [-0.4, -0.2) is 29.4 Å². The van der Waals surface area contributed by atoms with Crippen LogP contribution in [-0.2, 0) is 14.4 Å². The first-order valence-corrected chi connectivity index (χ1v) is 9.82. The van der Waals surface area contributed by atoms with E-state index in [2.05, 4.69) is 21.5 Å². The van der Waals surface area contributed by atoms with E-state index < -0.39 is 11.8 Å². The molecule has 0 aromatic heterocycles. The molecular weight excluding hydrogens is 451 g/mol. The van der Waals surface area contributed by atoms with E-state index in [4.69, 9.17) is 40.2 Å². The predicted molar refractivity (Wildman–Crippen MR) is 118 cm³/mol. The van der Waals surface area contributed by atoms with E-state index >= 15 is 0 Å². The average molecular weight is 469 g/mol. The molecule has 2 aromatic carbocycles. The molecule has 0 atom stereocenters. The molecule has 0 bridgehead atoms. The number of thiocarbonyl (C=S) groups is 1. The number of ether oxygens (including phenoxy) is 1. The highest BCUT2D eigenvalue weighted by atomic mass is 35.5. The molecule has 0 radical (unpaired) electrons. The molecule has 2 aromatic rings. The molecule has 0 unspecified atom stereocenters. The standard InChI is InChI=1S/C19H18Cl2N4O4S/c20-12-5-1-3-7-14(12)22-16(26)9-10-17(27)24-25-19(30)23-18(28)11-29-15-8-4-2-6-13(15)21/h1-8H,9-11H2,(H,22,26)(H,24,27)(H2,23,25,28,30). The molecule has 2 rings (SSSR count). The molecule has 11 heteroatoms. The van der Waals surface area contributed by atoms with Crippen molar-refractivity contribution in [2.45, 2.75) is 12.8 Å². The van der Waals surface area contributed by atoms with Crippen LogP contribution < -0.4 is 26.2 Å². The van der Waals surface area contributed by atoms with Crippen molar-refractivity contribution < 1.29 is 19.1 Å². The zero-order valence-electron chi connectivity index (χ0n) is 15.5. The number of para-hydroxylation sites is 2. The van der Waals surface area contributed by atoms with Crippen molar-refractivity contribution in [3.05, 3.63) is 58.6 Å². The summed E-state index contributed by atoms with van der Waals surface area (Å²) in [5, 5.41) is 5.59. The van der Waals surface area contributed by atoms with Crippen LogP contribution in [0.25, 0.3) is 0 Å². The van der Waals surface area contributed by atoms with Gasteiger partial charge in [-0.2, -0.15) is 0 Å². The van der Waals surface area contributed by atoms with Crippen LogP contribution in [0, 0.1) is 0 Å². The molecule has 0 aliphatic carbocycles. The van der Waals surface area contributed by atoms with Gasteiger partial charge >= 0.3 is 0 Å². The Balaban J connectivity index is 1.63. The molecule has 8 nitrogen and oxygen atoms in total. The van der Waals surface area contributed by atoms with Crippen LogP contribution in [0.2, 0.25) is 10.0 Å². The third-order valence-corrected chi connectivity index (χ3v) is 4.34. The van der Waals surface area contributed by atoms with Gasteiger partial charge in [0, 0.05) is 12.8 Å². The number of nitrogens with one attached hydrogen (secondary N) is 4. The van der Waals surface area contributed by atoms with E-state index in [1.807, 2.05) is 0 Å². The Morgan fingerprint density at radius 3 is 2.17 bits per heavy atom. The van der Waals surface area contributed by atoms with Gasteiger partial charge in [-0.3, -0.25) is 30.6 Å². The van der Waals surface area contributed by atoms with Crippen LogP contribution in [0.15, 0.2) is 48.5 Å². The van der Waals surface area contributed by atoms with Gasteiger partial charge in [0.15, 0.2) is 11.7 Å². The molecule has 0 fully saturated rings. The average Bonchev–Trinajstić information content (AvgIpc) is 2.72. The summed E-state index contributed by atoms with van der Waals surface area (Å²) in [6.07, 6.45) is -0.168. The van der Waals surface area contributed by atoms with Crippen LogP contribution in [0.1, 0.15) is 12.8 Å². The molecule has 0 saturated carbocycles. The number of amides is 3. The van der Waals surface area contributed by atoms with Crippen LogP contribution >= 0.6 is 35.4 Å².